The third-order valence-corrected chi connectivity index (χ3v) is 4.44. The van der Waals surface area contributed by atoms with Crippen LogP contribution in [0, 0.1) is 6.92 Å². The summed E-state index contributed by atoms with van der Waals surface area (Å²) in [6.45, 7) is 4.52. The molecule has 0 radical (unpaired) electrons. The van der Waals surface area contributed by atoms with Crippen LogP contribution >= 0.6 is 11.6 Å². The number of urea groups is 1. The number of ether oxygens (including phenoxy) is 1. The number of aryl methyl sites for hydroxylation is 2. The summed E-state index contributed by atoms with van der Waals surface area (Å²) in [6, 6.07) is 7.95. The van der Waals surface area contributed by atoms with Gasteiger partial charge in [0.15, 0.2) is 5.82 Å². The predicted molar refractivity (Wildman–Crippen MR) is 109 cm³/mol. The molecule has 0 aliphatic carbocycles. The third kappa shape index (κ3) is 3.99. The number of aromatic nitrogens is 4. The molecular formula is C19H17ClN6O3. The first-order valence-corrected chi connectivity index (χ1v) is 9.20. The Hall–Kier alpha value is -3.59. The van der Waals surface area contributed by atoms with Crippen molar-refractivity contribution in [2.24, 2.45) is 0 Å². The molecule has 0 spiro atoms. The van der Waals surface area contributed by atoms with Gasteiger partial charge in [0.2, 0.25) is 5.88 Å². The quantitative estimate of drug-likeness (QED) is 0.485. The van der Waals surface area contributed by atoms with Crippen LogP contribution < -0.4 is 15.4 Å². The van der Waals surface area contributed by atoms with Gasteiger partial charge in [0.1, 0.15) is 23.4 Å². The Morgan fingerprint density at radius 1 is 1.24 bits per heavy atom. The van der Waals surface area contributed by atoms with Gasteiger partial charge in [0.05, 0.1) is 16.2 Å². The van der Waals surface area contributed by atoms with E-state index < -0.39 is 6.03 Å². The Morgan fingerprint density at radius 2 is 2.10 bits per heavy atom. The van der Waals surface area contributed by atoms with Gasteiger partial charge in [-0.15, -0.1) is 0 Å². The molecule has 9 nitrogen and oxygen atoms in total. The predicted octanol–water partition coefficient (Wildman–Crippen LogP) is 4.84. The van der Waals surface area contributed by atoms with E-state index in [0.29, 0.717) is 33.9 Å². The average Bonchev–Trinajstić information content (AvgIpc) is 3.30. The summed E-state index contributed by atoms with van der Waals surface area (Å²) in [4.78, 5) is 20.6. The number of carbonyl (C=O) groups excluding carboxylic acids is 1. The second-order valence-electron chi connectivity index (χ2n) is 6.16. The van der Waals surface area contributed by atoms with Crippen molar-refractivity contribution in [1.29, 1.82) is 0 Å². The molecule has 0 fully saturated rings. The Bertz CT molecular complexity index is 1190. The summed E-state index contributed by atoms with van der Waals surface area (Å²) in [5.41, 5.74) is 2.01. The molecule has 4 rings (SSSR count). The first-order chi connectivity index (χ1) is 14.0. The van der Waals surface area contributed by atoms with Gasteiger partial charge in [-0.1, -0.05) is 16.8 Å². The van der Waals surface area contributed by atoms with Crippen molar-refractivity contribution < 1.29 is 14.1 Å². The zero-order chi connectivity index (χ0) is 20.4. The smallest absolute Gasteiger partial charge is 0.324 e. The van der Waals surface area contributed by atoms with Crippen molar-refractivity contribution in [1.82, 2.24) is 19.7 Å². The molecule has 3 aromatic heterocycles. The first kappa shape index (κ1) is 18.8. The van der Waals surface area contributed by atoms with E-state index in [1.54, 1.807) is 31.2 Å². The number of fused-ring (bicyclic) bond motifs is 1. The lowest BCUT2D eigenvalue weighted by Crippen LogP contribution is -2.19. The van der Waals surface area contributed by atoms with Crippen molar-refractivity contribution in [2.75, 3.05) is 10.6 Å². The van der Waals surface area contributed by atoms with Gasteiger partial charge in [-0.3, -0.25) is 5.32 Å². The molecule has 10 heteroatoms. The molecule has 0 atom stereocenters. The molecule has 1 aromatic carbocycles. The first-order valence-electron chi connectivity index (χ1n) is 8.82. The molecule has 4 aromatic rings. The van der Waals surface area contributed by atoms with Crippen molar-refractivity contribution >= 4 is 40.2 Å². The maximum Gasteiger partial charge on any atom is 0.324 e. The summed E-state index contributed by atoms with van der Waals surface area (Å²) in [5, 5.41) is 9.22. The number of carbonyl (C=O) groups is 1. The number of hydrogen-bond donors (Lipinski definition) is 2. The second kappa shape index (κ2) is 7.80. The maximum absolute atomic E-state index is 12.1. The molecule has 0 bridgehead atoms. The minimum Gasteiger partial charge on any atom is -0.437 e. The molecular weight excluding hydrogens is 396 g/mol. The monoisotopic (exact) mass is 412 g/mol. The normalized spacial score (nSPS) is 10.9. The van der Waals surface area contributed by atoms with Crippen LogP contribution in [0.25, 0.3) is 11.0 Å². The number of hydrogen-bond acceptors (Lipinski definition) is 6. The minimum absolute atomic E-state index is 0.308. The fourth-order valence-corrected chi connectivity index (χ4v) is 3.03. The van der Waals surface area contributed by atoms with Crippen LogP contribution in [0.3, 0.4) is 0 Å². The number of nitrogens with zero attached hydrogens (tertiary/aromatic N) is 4. The number of halogens is 1. The van der Waals surface area contributed by atoms with Crippen molar-refractivity contribution in [2.45, 2.75) is 20.4 Å². The van der Waals surface area contributed by atoms with Gasteiger partial charge in [0.25, 0.3) is 0 Å². The summed E-state index contributed by atoms with van der Waals surface area (Å²) in [5.74, 6) is 1.81. The highest BCUT2D eigenvalue weighted by Crippen LogP contribution is 2.32. The number of rotatable bonds is 5. The Morgan fingerprint density at radius 3 is 2.83 bits per heavy atom. The fraction of sp³-hybridized carbons (Fsp3) is 0.158. The van der Waals surface area contributed by atoms with E-state index in [4.69, 9.17) is 20.9 Å². The van der Waals surface area contributed by atoms with Crippen LogP contribution in [0.4, 0.5) is 16.3 Å². The number of nitrogens with one attached hydrogen (secondary N) is 2. The van der Waals surface area contributed by atoms with Crippen LogP contribution in [-0.4, -0.2) is 25.7 Å². The van der Waals surface area contributed by atoms with E-state index >= 15 is 0 Å². The summed E-state index contributed by atoms with van der Waals surface area (Å²) >= 11 is 6.31. The van der Waals surface area contributed by atoms with E-state index in [1.165, 1.54) is 6.33 Å². The highest BCUT2D eigenvalue weighted by Gasteiger charge is 2.13. The van der Waals surface area contributed by atoms with Crippen molar-refractivity contribution in [3.8, 4) is 11.6 Å². The molecule has 3 heterocycles. The van der Waals surface area contributed by atoms with Gasteiger partial charge in [0, 0.05) is 24.9 Å². The second-order valence-corrected chi connectivity index (χ2v) is 6.57. The topological polar surface area (TPSA) is 107 Å². The van der Waals surface area contributed by atoms with E-state index in [-0.39, 0.29) is 0 Å². The SMILES string of the molecule is CCn1ccc2ncnc(Oc3ccc(NC(=O)Nc4cc(C)on4)c(Cl)c3)c21. The molecule has 0 saturated heterocycles. The van der Waals surface area contributed by atoms with E-state index in [1.807, 2.05) is 23.8 Å². The van der Waals surface area contributed by atoms with Crippen LogP contribution in [-0.2, 0) is 6.54 Å². The number of anilines is 2. The Kier molecular flexibility index (Phi) is 5.05. The van der Waals surface area contributed by atoms with Crippen LogP contribution in [0.15, 0.2) is 47.4 Å². The molecule has 0 saturated carbocycles. The van der Waals surface area contributed by atoms with Gasteiger partial charge in [-0.25, -0.2) is 9.78 Å². The highest BCUT2D eigenvalue weighted by molar-refractivity contribution is 6.34. The zero-order valence-corrected chi connectivity index (χ0v) is 16.4. The minimum atomic E-state index is -0.493. The zero-order valence-electron chi connectivity index (χ0n) is 15.6. The van der Waals surface area contributed by atoms with Crippen LogP contribution in [0.5, 0.6) is 11.6 Å². The van der Waals surface area contributed by atoms with E-state index in [9.17, 15) is 4.79 Å². The van der Waals surface area contributed by atoms with Crippen molar-refractivity contribution in [3.63, 3.8) is 0 Å². The van der Waals surface area contributed by atoms with Crippen molar-refractivity contribution in [3.05, 3.63) is 53.6 Å². The molecule has 0 aliphatic rings. The lowest BCUT2D eigenvalue weighted by Gasteiger charge is -2.11. The molecule has 0 aliphatic heterocycles. The Balaban J connectivity index is 1.50. The van der Waals surface area contributed by atoms with E-state index in [2.05, 4.69) is 25.8 Å². The molecule has 148 valence electrons. The average molecular weight is 413 g/mol. The van der Waals surface area contributed by atoms with Gasteiger partial charge < -0.3 is 19.1 Å². The number of amides is 2. The van der Waals surface area contributed by atoms with Gasteiger partial charge >= 0.3 is 6.03 Å². The van der Waals surface area contributed by atoms with Crippen LogP contribution in [0.1, 0.15) is 12.7 Å². The largest absolute Gasteiger partial charge is 0.437 e. The van der Waals surface area contributed by atoms with Crippen LogP contribution in [0.2, 0.25) is 5.02 Å². The summed E-state index contributed by atoms with van der Waals surface area (Å²) in [7, 11) is 0. The number of benzene rings is 1. The van der Waals surface area contributed by atoms with E-state index in [0.717, 1.165) is 17.6 Å². The highest BCUT2D eigenvalue weighted by atomic mass is 35.5. The fourth-order valence-electron chi connectivity index (χ4n) is 2.81. The lowest BCUT2D eigenvalue weighted by molar-refractivity contribution is 0.262. The molecule has 2 amide bonds. The molecule has 29 heavy (non-hydrogen) atoms. The Labute approximate surface area is 170 Å². The molecule has 2 N–H and O–H groups in total. The lowest BCUT2D eigenvalue weighted by atomic mass is 10.3. The van der Waals surface area contributed by atoms with Gasteiger partial charge in [-0.05, 0) is 32.0 Å². The standard InChI is InChI=1S/C19H17ClN6O3/c1-3-26-7-6-15-17(26)18(22-10-21-15)28-12-4-5-14(13(20)9-12)23-19(27)24-16-8-11(2)29-25-16/h4-10H,3H2,1-2H3,(H2,23,24,25,27). The summed E-state index contributed by atoms with van der Waals surface area (Å²) < 4.78 is 12.8. The maximum atomic E-state index is 12.1. The summed E-state index contributed by atoms with van der Waals surface area (Å²) in [6.07, 6.45) is 3.38. The van der Waals surface area contributed by atoms with Gasteiger partial charge in [-0.2, -0.15) is 4.98 Å². The molecule has 0 unspecified atom stereocenters. The third-order valence-electron chi connectivity index (χ3n) is 4.13.